The summed E-state index contributed by atoms with van der Waals surface area (Å²) in [4.78, 5) is 5.55. The van der Waals surface area contributed by atoms with Crippen LogP contribution in [-0.2, 0) is 5.41 Å². The van der Waals surface area contributed by atoms with Gasteiger partial charge in [-0.25, -0.2) is 0 Å². The maximum atomic E-state index is 2.77. The van der Waals surface area contributed by atoms with Crippen molar-refractivity contribution in [1.29, 1.82) is 0 Å². The van der Waals surface area contributed by atoms with Crippen molar-refractivity contribution in [2.75, 3.05) is 9.80 Å². The van der Waals surface area contributed by atoms with Crippen LogP contribution in [0.15, 0.2) is 522 Å². The molecule has 2 aromatic heterocycles. The standard InChI is InChI=1S/C134H95BN4/c1-134(2,3)110-86-125-127-126(87-110)139(133-119(106-68-40-64-102(80-106)92-46-18-6-19-47-92)84-109(95-52-24-9-25-53-95)85-120(133)107-69-41-65-103(81-107)93-48-20-7-21-49-93)124-89-112(137-130(98-58-30-12-31-59-98)115-72-36-37-73-116(115)131(137)99-60-32-13-33-61-99)75-77-122(124)135(127)121-76-74-111(136-128(96-54-26-10-27-55-96)113-70-34-35-71-114(113)129(136)97-56-28-11-29-57-97)88-123(121)138(125)132-117(104-66-38-62-100(78-104)90-42-14-4-15-43-90)82-108(94-50-22-8-23-51-94)83-118(132)105-67-39-63-101(79-105)91-44-16-5-17-45-91/h4-89H,1-3H3. The summed E-state index contributed by atoms with van der Waals surface area (Å²) in [6.45, 7) is 6.83. The smallest absolute Gasteiger partial charge is 0.252 e. The Labute approximate surface area is 813 Å². The summed E-state index contributed by atoms with van der Waals surface area (Å²) in [5.74, 6) is 0. The molecule has 4 nitrogen and oxygen atoms in total. The van der Waals surface area contributed by atoms with Crippen LogP contribution in [0.5, 0.6) is 0 Å². The van der Waals surface area contributed by atoms with Crippen molar-refractivity contribution in [2.45, 2.75) is 26.2 Å². The first kappa shape index (κ1) is 83.2. The van der Waals surface area contributed by atoms with Crippen molar-refractivity contribution in [2.24, 2.45) is 0 Å². The molecule has 0 atom stereocenters. The van der Waals surface area contributed by atoms with E-state index in [2.05, 4.69) is 561 Å². The number of hydrogen-bond acceptors (Lipinski definition) is 2. The molecule has 21 aromatic carbocycles. The van der Waals surface area contributed by atoms with Crippen molar-refractivity contribution in [1.82, 2.24) is 9.13 Å². The van der Waals surface area contributed by atoms with Crippen LogP contribution in [0.1, 0.15) is 26.3 Å². The first-order valence-corrected chi connectivity index (χ1v) is 48.3. The fraction of sp³-hybridized carbons (Fsp3) is 0.0299. The summed E-state index contributed by atoms with van der Waals surface area (Å²) in [7, 11) is 0. The normalized spacial score (nSPS) is 12.1. The van der Waals surface area contributed by atoms with Crippen LogP contribution < -0.4 is 26.2 Å². The fourth-order valence-corrected chi connectivity index (χ4v) is 21.9. The van der Waals surface area contributed by atoms with E-state index in [0.717, 1.165) is 234 Å². The van der Waals surface area contributed by atoms with Crippen LogP contribution in [0.25, 0.3) is 189 Å². The number of hydrogen-bond donors (Lipinski definition) is 0. The molecule has 2 aliphatic rings. The second kappa shape index (κ2) is 35.0. The Morgan fingerprint density at radius 1 is 0.173 bits per heavy atom. The lowest BCUT2D eigenvalue weighted by molar-refractivity contribution is 0.590. The maximum Gasteiger partial charge on any atom is 0.252 e. The van der Waals surface area contributed by atoms with Gasteiger partial charge in [0.2, 0.25) is 0 Å². The Morgan fingerprint density at radius 3 is 0.633 bits per heavy atom. The fourth-order valence-electron chi connectivity index (χ4n) is 21.9. The van der Waals surface area contributed by atoms with Gasteiger partial charge in [-0.15, -0.1) is 0 Å². The molecule has 4 heterocycles. The predicted molar refractivity (Wildman–Crippen MR) is 589 cm³/mol. The Kier molecular flexibility index (Phi) is 21.0. The molecule has 5 heteroatoms. The molecule has 0 radical (unpaired) electrons. The summed E-state index contributed by atoms with van der Waals surface area (Å²) in [5.41, 5.74) is 43.5. The zero-order valence-electron chi connectivity index (χ0n) is 77.5. The molecule has 0 amide bonds. The number of rotatable bonds is 18. The largest absolute Gasteiger partial charge is 0.310 e. The second-order valence-electron chi connectivity index (χ2n) is 37.7. The van der Waals surface area contributed by atoms with E-state index < -0.39 is 12.1 Å². The third kappa shape index (κ3) is 14.9. The number of aromatic nitrogens is 2. The van der Waals surface area contributed by atoms with Gasteiger partial charge in [0, 0.05) is 77.9 Å². The van der Waals surface area contributed by atoms with Crippen LogP contribution in [0.4, 0.5) is 34.1 Å². The minimum Gasteiger partial charge on any atom is -0.310 e. The Bertz CT molecular complexity index is 7750. The lowest BCUT2D eigenvalue weighted by Gasteiger charge is -2.46. The van der Waals surface area contributed by atoms with E-state index in [4.69, 9.17) is 0 Å². The second-order valence-corrected chi connectivity index (χ2v) is 37.7. The van der Waals surface area contributed by atoms with Crippen LogP contribution in [0, 0.1) is 0 Å². The minimum atomic E-state index is -0.489. The maximum absolute atomic E-state index is 2.77. The summed E-state index contributed by atoms with van der Waals surface area (Å²) >= 11 is 0. The number of fused-ring (bicyclic) bond motifs is 6. The van der Waals surface area contributed by atoms with Crippen molar-refractivity contribution in [3.05, 3.63) is 527 Å². The molecule has 0 unspecified atom stereocenters. The number of anilines is 6. The van der Waals surface area contributed by atoms with Gasteiger partial charge in [-0.3, -0.25) is 0 Å². The quantitative estimate of drug-likeness (QED) is 0.0796. The Hall–Kier alpha value is -17.6. The summed E-state index contributed by atoms with van der Waals surface area (Å²) in [6, 6.07) is 196. The topological polar surface area (TPSA) is 16.3 Å². The van der Waals surface area contributed by atoms with E-state index in [-0.39, 0.29) is 0 Å². The highest BCUT2D eigenvalue weighted by atomic mass is 15.2. The average molecular weight is 1770 g/mol. The Balaban J connectivity index is 0.883. The van der Waals surface area contributed by atoms with Crippen molar-refractivity contribution >= 4 is 78.8 Å². The van der Waals surface area contributed by atoms with Crippen molar-refractivity contribution < 1.29 is 0 Å². The molecular weight excluding hydrogens is 1680 g/mol. The molecule has 139 heavy (non-hydrogen) atoms. The molecule has 0 aliphatic carbocycles. The molecule has 0 N–H and O–H groups in total. The van der Waals surface area contributed by atoms with Gasteiger partial charge in [0.25, 0.3) is 6.71 Å². The van der Waals surface area contributed by atoms with Gasteiger partial charge in [-0.1, -0.05) is 458 Å². The van der Waals surface area contributed by atoms with Crippen molar-refractivity contribution in [3.63, 3.8) is 0 Å². The van der Waals surface area contributed by atoms with E-state index in [1.54, 1.807) is 0 Å². The SMILES string of the molecule is CC(C)(C)c1cc2c3c(c1)N(c1c(-c4cccc(-c5ccccc5)c4)cc(-c4ccccc4)cc1-c1cccc(-c4ccccc4)c1)c1cc(-n4c(-c5ccccc5)c5ccccc5c4-c4ccccc4)ccc1B3c1ccc(-n3c(-c4ccccc4)c4ccccc4c3-c3ccccc3)cc1N2c1c(-c2cccc(-c3ccccc3)c2)cc(-c2ccccc2)cc1-c1cccc(-c2ccccc2)c1. The molecule has 0 saturated carbocycles. The van der Waals surface area contributed by atoms with Crippen molar-refractivity contribution in [3.8, 4) is 168 Å². The minimum absolute atomic E-state index is 0.423. The van der Waals surface area contributed by atoms with Crippen LogP contribution in [-0.4, -0.2) is 15.8 Å². The highest BCUT2D eigenvalue weighted by molar-refractivity contribution is 7.00. The highest BCUT2D eigenvalue weighted by Gasteiger charge is 2.47. The summed E-state index contributed by atoms with van der Waals surface area (Å²) in [6.07, 6.45) is 0. The average Bonchev–Trinajstić information content (AvgIpc) is 1.08. The number of nitrogens with zero attached hydrogens (tertiary/aromatic N) is 4. The summed E-state index contributed by atoms with van der Waals surface area (Å²) in [5, 5.41) is 4.66. The van der Waals surface area contributed by atoms with Gasteiger partial charge in [0.1, 0.15) is 0 Å². The van der Waals surface area contributed by atoms with Crippen LogP contribution in [0.2, 0.25) is 0 Å². The molecule has 654 valence electrons. The third-order valence-electron chi connectivity index (χ3n) is 28.4. The molecule has 0 saturated heterocycles. The lowest BCUT2D eigenvalue weighted by Crippen LogP contribution is -2.61. The van der Waals surface area contributed by atoms with Gasteiger partial charge in [0.05, 0.1) is 34.2 Å². The van der Waals surface area contributed by atoms with E-state index in [1.807, 2.05) is 0 Å². The van der Waals surface area contributed by atoms with E-state index in [1.165, 1.54) is 11.0 Å². The van der Waals surface area contributed by atoms with E-state index in [9.17, 15) is 0 Å². The summed E-state index contributed by atoms with van der Waals surface area (Å²) < 4.78 is 5.18. The lowest BCUT2D eigenvalue weighted by atomic mass is 9.33. The van der Waals surface area contributed by atoms with Gasteiger partial charge >= 0.3 is 0 Å². The first-order chi connectivity index (χ1) is 68.6. The zero-order chi connectivity index (χ0) is 92.6. The predicted octanol–water partition coefficient (Wildman–Crippen LogP) is 34.3. The first-order valence-electron chi connectivity index (χ1n) is 48.3. The van der Waals surface area contributed by atoms with Gasteiger partial charge in [-0.2, -0.15) is 0 Å². The van der Waals surface area contributed by atoms with Gasteiger partial charge < -0.3 is 18.9 Å². The van der Waals surface area contributed by atoms with Gasteiger partial charge in [-0.05, 0) is 224 Å². The third-order valence-corrected chi connectivity index (χ3v) is 28.4. The van der Waals surface area contributed by atoms with Crippen LogP contribution in [0.3, 0.4) is 0 Å². The van der Waals surface area contributed by atoms with Gasteiger partial charge in [0.15, 0.2) is 0 Å². The molecular formula is C134H95BN4. The Morgan fingerprint density at radius 2 is 0.388 bits per heavy atom. The molecule has 0 fully saturated rings. The molecule has 23 aromatic rings. The molecule has 0 bridgehead atoms. The van der Waals surface area contributed by atoms with E-state index >= 15 is 0 Å². The molecule has 2 aliphatic heterocycles. The molecule has 0 spiro atoms. The van der Waals surface area contributed by atoms with Crippen LogP contribution >= 0.6 is 0 Å². The number of benzene rings is 21. The highest BCUT2D eigenvalue weighted by Crippen LogP contribution is 2.58. The van der Waals surface area contributed by atoms with E-state index in [0.29, 0.717) is 0 Å². The zero-order valence-corrected chi connectivity index (χ0v) is 77.5. The molecule has 25 rings (SSSR count). The monoisotopic (exact) mass is 1770 g/mol.